The zero-order valence-electron chi connectivity index (χ0n) is 22.6. The number of nitrogens with one attached hydrogen (secondary N) is 1. The first-order chi connectivity index (χ1) is 18.4. The summed E-state index contributed by atoms with van der Waals surface area (Å²) < 4.78 is 16.4. The van der Waals surface area contributed by atoms with Gasteiger partial charge < -0.3 is 19.5 Å². The van der Waals surface area contributed by atoms with E-state index in [4.69, 9.17) is 14.2 Å². The van der Waals surface area contributed by atoms with Crippen LogP contribution in [0.2, 0.25) is 0 Å². The first-order valence-electron chi connectivity index (χ1n) is 12.6. The maximum Gasteiger partial charge on any atom is 0.282 e. The predicted molar refractivity (Wildman–Crippen MR) is 148 cm³/mol. The fourth-order valence-electron chi connectivity index (χ4n) is 4.43. The molecular formula is C29H35N3O6. The number of amides is 1. The van der Waals surface area contributed by atoms with Crippen LogP contribution in [0.4, 0.5) is 11.4 Å². The van der Waals surface area contributed by atoms with Crippen molar-refractivity contribution < 1.29 is 23.9 Å². The number of para-hydroxylation sites is 1. The Kier molecular flexibility index (Phi) is 10.1. The smallest absolute Gasteiger partial charge is 0.282 e. The van der Waals surface area contributed by atoms with Gasteiger partial charge in [-0.05, 0) is 59.9 Å². The second-order valence-electron chi connectivity index (χ2n) is 8.52. The summed E-state index contributed by atoms with van der Waals surface area (Å²) in [6, 6.07) is 15.6. The minimum absolute atomic E-state index is 0.00624. The molecule has 1 heterocycles. The number of hydrogen-bond donors (Lipinski definition) is 1. The van der Waals surface area contributed by atoms with Crippen molar-refractivity contribution in [1.29, 1.82) is 0 Å². The van der Waals surface area contributed by atoms with Crippen LogP contribution in [0.3, 0.4) is 0 Å². The van der Waals surface area contributed by atoms with Gasteiger partial charge in [-0.25, -0.2) is 0 Å². The lowest BCUT2D eigenvalue weighted by molar-refractivity contribution is -0.385. The molecule has 1 aliphatic heterocycles. The van der Waals surface area contributed by atoms with Crippen LogP contribution in [-0.2, 0) is 19.4 Å². The van der Waals surface area contributed by atoms with Gasteiger partial charge >= 0.3 is 0 Å². The van der Waals surface area contributed by atoms with Gasteiger partial charge in [0.1, 0.15) is 11.3 Å². The molecule has 9 nitrogen and oxygen atoms in total. The maximum atomic E-state index is 12.7. The van der Waals surface area contributed by atoms with Gasteiger partial charge in [-0.15, -0.1) is 0 Å². The highest BCUT2D eigenvalue weighted by molar-refractivity contribution is 6.07. The maximum absolute atomic E-state index is 12.7. The van der Waals surface area contributed by atoms with Gasteiger partial charge in [0.2, 0.25) is 0 Å². The van der Waals surface area contributed by atoms with Gasteiger partial charge in [0.05, 0.1) is 31.9 Å². The van der Waals surface area contributed by atoms with E-state index in [1.54, 1.807) is 26.4 Å². The topological polar surface area (TPSA) is 103 Å². The van der Waals surface area contributed by atoms with E-state index in [-0.39, 0.29) is 11.3 Å². The molecule has 0 fully saturated rings. The zero-order valence-corrected chi connectivity index (χ0v) is 22.6. The lowest BCUT2D eigenvalue weighted by Crippen LogP contribution is -2.32. The Balaban J connectivity index is 0.00000195. The molecule has 0 spiro atoms. The highest BCUT2D eigenvalue weighted by atomic mass is 16.6. The summed E-state index contributed by atoms with van der Waals surface area (Å²) in [6.07, 6.45) is 1.74. The molecule has 1 amide bonds. The predicted octanol–water partition coefficient (Wildman–Crippen LogP) is 5.50. The van der Waals surface area contributed by atoms with E-state index >= 15 is 0 Å². The molecule has 0 radical (unpaired) electrons. The van der Waals surface area contributed by atoms with E-state index < -0.39 is 10.8 Å². The van der Waals surface area contributed by atoms with Crippen LogP contribution in [0.1, 0.15) is 40.9 Å². The van der Waals surface area contributed by atoms with Gasteiger partial charge in [-0.3, -0.25) is 19.8 Å². The number of fused-ring (bicyclic) bond motifs is 1. The molecule has 9 heteroatoms. The number of nitrogens with zero attached hydrogens (tertiary/aromatic N) is 2. The van der Waals surface area contributed by atoms with Gasteiger partial charge in [0.15, 0.2) is 11.5 Å². The Morgan fingerprint density at radius 3 is 2.26 bits per heavy atom. The van der Waals surface area contributed by atoms with Gasteiger partial charge in [-0.2, -0.15) is 0 Å². The molecule has 0 unspecified atom stereocenters. The highest BCUT2D eigenvalue weighted by Crippen LogP contribution is 2.33. The summed E-state index contributed by atoms with van der Waals surface area (Å²) in [5.74, 6) is 1.43. The molecule has 38 heavy (non-hydrogen) atoms. The standard InChI is InChI=1S/C27H29N3O6.C2H6/c1-34-24-14-18(8-9-22(24)28-27(31)21-6-4-5-7-23(21)30(32)33)10-12-29-13-11-19-15-25(35-2)26(36-3)16-20(19)17-29;1-2/h4-9,14-16H,10-13,17H2,1-3H3,(H,28,31);1-2H3. The molecule has 3 aromatic rings. The lowest BCUT2D eigenvalue weighted by atomic mass is 9.98. The number of hydrogen-bond acceptors (Lipinski definition) is 7. The number of ether oxygens (including phenoxy) is 3. The summed E-state index contributed by atoms with van der Waals surface area (Å²) >= 11 is 0. The Labute approximate surface area is 223 Å². The molecular weight excluding hydrogens is 486 g/mol. The van der Waals surface area contributed by atoms with E-state index in [1.165, 1.54) is 36.4 Å². The Morgan fingerprint density at radius 1 is 0.947 bits per heavy atom. The first-order valence-corrected chi connectivity index (χ1v) is 12.6. The Hall–Kier alpha value is -4.11. The number of benzene rings is 3. The molecule has 1 aliphatic rings. The molecule has 3 aromatic carbocycles. The minimum atomic E-state index is -0.569. The number of carbonyl (C=O) groups is 1. The van der Waals surface area contributed by atoms with Crippen molar-refractivity contribution in [2.75, 3.05) is 39.7 Å². The molecule has 1 N–H and O–H groups in total. The third-order valence-corrected chi connectivity index (χ3v) is 6.37. The van der Waals surface area contributed by atoms with Crippen molar-refractivity contribution in [1.82, 2.24) is 4.90 Å². The van der Waals surface area contributed by atoms with Crippen molar-refractivity contribution in [3.8, 4) is 17.2 Å². The minimum Gasteiger partial charge on any atom is -0.495 e. The third kappa shape index (κ3) is 6.60. The SMILES string of the molecule is CC.COc1cc(CCN2CCc3cc(OC)c(OC)cc3C2)ccc1NC(=O)c1ccccc1[N+](=O)[O-]. The molecule has 0 saturated heterocycles. The second-order valence-corrected chi connectivity index (χ2v) is 8.52. The fraction of sp³-hybridized carbons (Fsp3) is 0.345. The lowest BCUT2D eigenvalue weighted by Gasteiger charge is -2.29. The van der Waals surface area contributed by atoms with Crippen LogP contribution in [-0.4, -0.2) is 50.1 Å². The third-order valence-electron chi connectivity index (χ3n) is 6.37. The van der Waals surface area contributed by atoms with Crippen LogP contribution in [0, 0.1) is 10.1 Å². The Bertz CT molecular complexity index is 1280. The molecule has 0 aromatic heterocycles. The van der Waals surface area contributed by atoms with E-state index in [9.17, 15) is 14.9 Å². The molecule has 0 atom stereocenters. The van der Waals surface area contributed by atoms with Crippen LogP contribution in [0.5, 0.6) is 17.2 Å². The van der Waals surface area contributed by atoms with Crippen molar-refractivity contribution in [3.05, 3.63) is 87.0 Å². The number of carbonyl (C=O) groups excluding carboxylic acids is 1. The molecule has 0 aliphatic carbocycles. The summed E-state index contributed by atoms with van der Waals surface area (Å²) in [5.41, 5.74) is 3.79. The first kappa shape index (κ1) is 28.5. The zero-order chi connectivity index (χ0) is 27.7. The number of anilines is 1. The quantitative estimate of drug-likeness (QED) is 0.293. The molecule has 202 valence electrons. The summed E-state index contributed by atoms with van der Waals surface area (Å²) in [7, 11) is 4.82. The molecule has 0 saturated carbocycles. The monoisotopic (exact) mass is 521 g/mol. The van der Waals surface area contributed by atoms with Crippen LogP contribution in [0.25, 0.3) is 0 Å². The Morgan fingerprint density at radius 2 is 1.61 bits per heavy atom. The van der Waals surface area contributed by atoms with Crippen molar-refractivity contribution >= 4 is 17.3 Å². The van der Waals surface area contributed by atoms with Gasteiger partial charge in [-0.1, -0.05) is 32.0 Å². The summed E-state index contributed by atoms with van der Waals surface area (Å²) in [4.78, 5) is 25.8. The normalized spacial score (nSPS) is 12.4. The van der Waals surface area contributed by atoms with Gasteiger partial charge in [0.25, 0.3) is 11.6 Å². The van der Waals surface area contributed by atoms with Crippen molar-refractivity contribution in [2.45, 2.75) is 33.2 Å². The van der Waals surface area contributed by atoms with E-state index in [2.05, 4.69) is 22.3 Å². The average molecular weight is 522 g/mol. The molecule has 4 rings (SSSR count). The van der Waals surface area contributed by atoms with Crippen molar-refractivity contribution in [3.63, 3.8) is 0 Å². The highest BCUT2D eigenvalue weighted by Gasteiger charge is 2.21. The van der Waals surface area contributed by atoms with Crippen LogP contribution in [0.15, 0.2) is 54.6 Å². The summed E-state index contributed by atoms with van der Waals surface area (Å²) in [5, 5.41) is 14.0. The number of nitro benzene ring substituents is 1. The summed E-state index contributed by atoms with van der Waals surface area (Å²) in [6.45, 7) is 6.64. The van der Waals surface area contributed by atoms with Crippen LogP contribution < -0.4 is 19.5 Å². The fourth-order valence-corrected chi connectivity index (χ4v) is 4.43. The van der Waals surface area contributed by atoms with Crippen LogP contribution >= 0.6 is 0 Å². The average Bonchev–Trinajstić information content (AvgIpc) is 2.96. The second kappa shape index (κ2) is 13.4. The van der Waals surface area contributed by atoms with E-state index in [1.807, 2.05) is 26.0 Å². The van der Waals surface area contributed by atoms with Crippen molar-refractivity contribution in [2.24, 2.45) is 0 Å². The van der Waals surface area contributed by atoms with E-state index in [0.29, 0.717) is 11.4 Å². The number of nitro groups is 1. The van der Waals surface area contributed by atoms with E-state index in [0.717, 1.165) is 49.5 Å². The number of rotatable bonds is 9. The van der Waals surface area contributed by atoms with Gasteiger partial charge in [0, 0.05) is 25.7 Å². The molecule has 0 bridgehead atoms. The largest absolute Gasteiger partial charge is 0.495 e. The number of methoxy groups -OCH3 is 3.